The number of aliphatic imine (C=N–C) groups is 1. The predicted octanol–water partition coefficient (Wildman–Crippen LogP) is 2.65. The van der Waals surface area contributed by atoms with Gasteiger partial charge in [0.1, 0.15) is 11.3 Å². The van der Waals surface area contributed by atoms with Crippen molar-refractivity contribution < 1.29 is 5.11 Å². The van der Waals surface area contributed by atoms with Gasteiger partial charge < -0.3 is 9.67 Å². The third-order valence-electron chi connectivity index (χ3n) is 3.89. The number of nitrogens with zero attached hydrogens (tertiary/aromatic N) is 3. The lowest BCUT2D eigenvalue weighted by atomic mass is 10.1. The lowest BCUT2D eigenvalue weighted by Crippen LogP contribution is -2.24. The predicted molar refractivity (Wildman–Crippen MR) is 91.0 cm³/mol. The van der Waals surface area contributed by atoms with Gasteiger partial charge >= 0.3 is 0 Å². The maximum atomic E-state index is 12.6. The summed E-state index contributed by atoms with van der Waals surface area (Å²) in [5.41, 5.74) is 2.21. The van der Waals surface area contributed by atoms with E-state index in [1.54, 1.807) is 32.4 Å². The average molecular weight is 307 g/mol. The molecule has 0 saturated heterocycles. The van der Waals surface area contributed by atoms with Crippen LogP contribution in [0.2, 0.25) is 0 Å². The molecule has 1 N–H and O–H groups in total. The second-order valence-electron chi connectivity index (χ2n) is 5.36. The Kier molecular flexibility index (Phi) is 3.93. The molecule has 0 aliphatic carbocycles. The molecule has 2 aromatic heterocycles. The highest BCUT2D eigenvalue weighted by molar-refractivity contribution is 6.05. The summed E-state index contributed by atoms with van der Waals surface area (Å²) in [4.78, 5) is 21.0. The second kappa shape index (κ2) is 6.04. The minimum Gasteiger partial charge on any atom is -0.506 e. The van der Waals surface area contributed by atoms with E-state index in [4.69, 9.17) is 0 Å². The van der Waals surface area contributed by atoms with E-state index >= 15 is 0 Å². The summed E-state index contributed by atoms with van der Waals surface area (Å²) in [6, 6.07) is 11.0. The van der Waals surface area contributed by atoms with E-state index in [1.807, 2.05) is 30.3 Å². The fourth-order valence-electron chi connectivity index (χ4n) is 2.58. The smallest absolute Gasteiger partial charge is 0.263 e. The molecular weight excluding hydrogens is 290 g/mol. The molecule has 5 heteroatoms. The number of aryl methyl sites for hydroxylation is 1. The normalized spacial score (nSPS) is 11.8. The van der Waals surface area contributed by atoms with Gasteiger partial charge in [-0.05, 0) is 36.8 Å². The number of pyridine rings is 2. The molecule has 116 valence electrons. The number of para-hydroxylation sites is 1. The molecular formula is C18H17N3O2. The quantitative estimate of drug-likeness (QED) is 0.756. The molecule has 0 amide bonds. The highest BCUT2D eigenvalue weighted by Gasteiger charge is 2.16. The lowest BCUT2D eigenvalue weighted by molar-refractivity contribution is 0.478. The van der Waals surface area contributed by atoms with Gasteiger partial charge in [-0.3, -0.25) is 14.8 Å². The van der Waals surface area contributed by atoms with E-state index in [0.717, 1.165) is 5.56 Å². The lowest BCUT2D eigenvalue weighted by Gasteiger charge is -2.11. The summed E-state index contributed by atoms with van der Waals surface area (Å²) < 4.78 is 1.54. The molecule has 0 aliphatic heterocycles. The number of hydrogen-bond acceptors (Lipinski definition) is 4. The van der Waals surface area contributed by atoms with Crippen LogP contribution in [0.4, 0.5) is 0 Å². The Hall–Kier alpha value is -2.95. The Bertz CT molecular complexity index is 944. The molecule has 0 aliphatic rings. The first-order valence-electron chi connectivity index (χ1n) is 7.30. The molecule has 0 radical (unpaired) electrons. The molecule has 5 nitrogen and oxygen atoms in total. The second-order valence-corrected chi connectivity index (χ2v) is 5.36. The van der Waals surface area contributed by atoms with Gasteiger partial charge in [-0.25, -0.2) is 0 Å². The summed E-state index contributed by atoms with van der Waals surface area (Å²) in [5, 5.41) is 11.2. The molecule has 1 aromatic carbocycles. The molecule has 23 heavy (non-hydrogen) atoms. The molecule has 3 rings (SSSR count). The van der Waals surface area contributed by atoms with E-state index < -0.39 is 0 Å². The molecule has 0 unspecified atom stereocenters. The molecule has 0 spiro atoms. The first-order chi connectivity index (χ1) is 11.1. The molecule has 0 fully saturated rings. The van der Waals surface area contributed by atoms with Gasteiger partial charge in [-0.2, -0.15) is 0 Å². The maximum Gasteiger partial charge on any atom is 0.263 e. The van der Waals surface area contributed by atoms with Crippen LogP contribution in [0.15, 0.2) is 58.6 Å². The Morgan fingerprint density at radius 3 is 2.65 bits per heavy atom. The first kappa shape index (κ1) is 15.0. The fourth-order valence-corrected chi connectivity index (χ4v) is 2.58. The largest absolute Gasteiger partial charge is 0.506 e. The van der Waals surface area contributed by atoms with Crippen LogP contribution in [-0.4, -0.2) is 20.4 Å². The highest BCUT2D eigenvalue weighted by atomic mass is 16.3. The minimum absolute atomic E-state index is 0.0142. The zero-order valence-electron chi connectivity index (χ0n) is 13.0. The van der Waals surface area contributed by atoms with Crippen LogP contribution < -0.4 is 5.56 Å². The fraction of sp³-hybridized carbons (Fsp3) is 0.167. The van der Waals surface area contributed by atoms with Crippen molar-refractivity contribution in [2.24, 2.45) is 12.0 Å². The molecule has 0 bridgehead atoms. The third-order valence-corrected chi connectivity index (χ3v) is 3.89. The molecule has 2 heterocycles. The molecule has 3 aromatic rings. The van der Waals surface area contributed by atoms with Crippen LogP contribution in [-0.2, 0) is 13.6 Å². The zero-order valence-corrected chi connectivity index (χ0v) is 13.0. The monoisotopic (exact) mass is 307 g/mol. The van der Waals surface area contributed by atoms with E-state index in [0.29, 0.717) is 23.2 Å². The van der Waals surface area contributed by atoms with Crippen molar-refractivity contribution >= 4 is 16.6 Å². The number of aromatic hydroxyl groups is 1. The van der Waals surface area contributed by atoms with E-state index in [2.05, 4.69) is 9.98 Å². The highest BCUT2D eigenvalue weighted by Crippen LogP contribution is 2.26. The van der Waals surface area contributed by atoms with Gasteiger partial charge in [0.05, 0.1) is 12.1 Å². The van der Waals surface area contributed by atoms with Crippen LogP contribution >= 0.6 is 0 Å². The van der Waals surface area contributed by atoms with Crippen LogP contribution in [0.5, 0.6) is 5.75 Å². The van der Waals surface area contributed by atoms with E-state index in [1.165, 1.54) is 4.57 Å². The van der Waals surface area contributed by atoms with Crippen LogP contribution in [0.1, 0.15) is 18.1 Å². The number of aromatic nitrogens is 2. The van der Waals surface area contributed by atoms with Crippen molar-refractivity contribution in [1.29, 1.82) is 0 Å². The van der Waals surface area contributed by atoms with E-state index in [9.17, 15) is 9.90 Å². The SMILES string of the molecule is CC(=NCc1ccncc1)c1c(O)c2ccccc2n(C)c1=O. The average Bonchev–Trinajstić information content (AvgIpc) is 2.59. The molecule has 0 atom stereocenters. The van der Waals surface area contributed by atoms with Gasteiger partial charge in [0.15, 0.2) is 0 Å². The van der Waals surface area contributed by atoms with Crippen molar-refractivity contribution in [3.8, 4) is 5.75 Å². The van der Waals surface area contributed by atoms with Crippen LogP contribution in [0.3, 0.4) is 0 Å². The van der Waals surface area contributed by atoms with Crippen molar-refractivity contribution in [3.63, 3.8) is 0 Å². The first-order valence-corrected chi connectivity index (χ1v) is 7.30. The standard InChI is InChI=1S/C18H17N3O2/c1-12(20-11-13-7-9-19-10-8-13)16-17(22)14-5-3-4-6-15(14)21(2)18(16)23/h3-10,22H,11H2,1-2H3. The maximum absolute atomic E-state index is 12.6. The zero-order chi connectivity index (χ0) is 16.4. The van der Waals surface area contributed by atoms with Crippen LogP contribution in [0, 0.1) is 0 Å². The Morgan fingerprint density at radius 1 is 1.22 bits per heavy atom. The minimum atomic E-state index is -0.253. The van der Waals surface area contributed by atoms with Gasteiger partial charge in [0.2, 0.25) is 0 Å². The summed E-state index contributed by atoms with van der Waals surface area (Å²) >= 11 is 0. The topological polar surface area (TPSA) is 67.5 Å². The summed E-state index contributed by atoms with van der Waals surface area (Å²) in [6.07, 6.45) is 3.40. The Labute approximate surface area is 133 Å². The molecule has 0 saturated carbocycles. The summed E-state index contributed by atoms with van der Waals surface area (Å²) in [5.74, 6) is -0.0142. The van der Waals surface area contributed by atoms with Gasteiger partial charge in [0.25, 0.3) is 5.56 Å². The van der Waals surface area contributed by atoms with Gasteiger partial charge in [-0.1, -0.05) is 12.1 Å². The Morgan fingerprint density at radius 2 is 1.91 bits per heavy atom. The third kappa shape index (κ3) is 2.73. The number of benzene rings is 1. The van der Waals surface area contributed by atoms with Gasteiger partial charge in [-0.15, -0.1) is 0 Å². The van der Waals surface area contributed by atoms with Crippen molar-refractivity contribution in [2.45, 2.75) is 13.5 Å². The van der Waals surface area contributed by atoms with E-state index in [-0.39, 0.29) is 16.9 Å². The van der Waals surface area contributed by atoms with Crippen molar-refractivity contribution in [2.75, 3.05) is 0 Å². The number of hydrogen-bond donors (Lipinski definition) is 1. The Balaban J connectivity index is 2.10. The van der Waals surface area contributed by atoms with Crippen molar-refractivity contribution in [1.82, 2.24) is 9.55 Å². The van der Waals surface area contributed by atoms with Crippen LogP contribution in [0.25, 0.3) is 10.9 Å². The van der Waals surface area contributed by atoms with Crippen molar-refractivity contribution in [3.05, 3.63) is 70.3 Å². The van der Waals surface area contributed by atoms with Gasteiger partial charge in [0, 0.05) is 30.5 Å². The number of fused-ring (bicyclic) bond motifs is 1. The summed E-state index contributed by atoms with van der Waals surface area (Å²) in [6.45, 7) is 2.18. The number of rotatable bonds is 3. The summed E-state index contributed by atoms with van der Waals surface area (Å²) in [7, 11) is 1.70.